The summed E-state index contributed by atoms with van der Waals surface area (Å²) in [6.07, 6.45) is 16.2. The fourth-order valence-corrected chi connectivity index (χ4v) is 2.48. The lowest BCUT2D eigenvalue weighted by molar-refractivity contribution is -0.121. The van der Waals surface area contributed by atoms with Gasteiger partial charge in [0.25, 0.3) is 0 Å². The molecular weight excluding hydrogens is 208 g/mol. The number of rotatable bonds is 5. The molecule has 1 aliphatic rings. The topological polar surface area (TPSA) is 17.1 Å². The Labute approximate surface area is 108 Å². The summed E-state index contributed by atoms with van der Waals surface area (Å²) >= 11 is 0. The van der Waals surface area contributed by atoms with Gasteiger partial charge in [-0.15, -0.1) is 12.8 Å². The number of carbonyl (C=O) groups is 1. The number of hydrogen-bond donors (Lipinski definition) is 0. The molecule has 1 aliphatic carbocycles. The summed E-state index contributed by atoms with van der Waals surface area (Å²) in [4.78, 5) is 11.5. The quantitative estimate of drug-likeness (QED) is 0.494. The Kier molecular flexibility index (Phi) is 14.5. The first-order valence-corrected chi connectivity index (χ1v) is 7.15. The van der Waals surface area contributed by atoms with Gasteiger partial charge in [0.2, 0.25) is 0 Å². The Morgan fingerprint density at radius 3 is 2.24 bits per heavy atom. The van der Waals surface area contributed by atoms with Crippen LogP contribution in [-0.2, 0) is 4.79 Å². The SMILES string of the molecule is C#C.CC.CCCCCC1C(=O)CCC1CC. The van der Waals surface area contributed by atoms with Crippen molar-refractivity contribution in [1.29, 1.82) is 0 Å². The van der Waals surface area contributed by atoms with Gasteiger partial charge in [0.1, 0.15) is 5.78 Å². The van der Waals surface area contributed by atoms with Crippen LogP contribution in [-0.4, -0.2) is 5.78 Å². The Hall–Kier alpha value is -0.770. The molecule has 0 bridgehead atoms. The van der Waals surface area contributed by atoms with Crippen LogP contribution in [0.3, 0.4) is 0 Å². The second-order valence-corrected chi connectivity index (χ2v) is 4.28. The second kappa shape index (κ2) is 13.3. The standard InChI is InChI=1S/C12H22O.C2H6.C2H2/c1-3-5-6-7-11-10(4-2)8-9-12(11)13;2*1-2/h10-11H,3-9H2,1-2H3;1-2H3;1-2H. The van der Waals surface area contributed by atoms with Crippen LogP contribution in [0.4, 0.5) is 0 Å². The third-order valence-corrected chi connectivity index (χ3v) is 3.39. The zero-order valence-corrected chi connectivity index (χ0v) is 12.2. The van der Waals surface area contributed by atoms with Gasteiger partial charge in [-0.2, -0.15) is 0 Å². The van der Waals surface area contributed by atoms with Crippen molar-refractivity contribution in [2.45, 2.75) is 72.6 Å². The van der Waals surface area contributed by atoms with Crippen molar-refractivity contribution < 1.29 is 4.79 Å². The normalized spacial score (nSPS) is 22.1. The molecule has 2 unspecified atom stereocenters. The lowest BCUT2D eigenvalue weighted by Gasteiger charge is -2.15. The minimum Gasteiger partial charge on any atom is -0.299 e. The van der Waals surface area contributed by atoms with E-state index in [1.54, 1.807) is 0 Å². The van der Waals surface area contributed by atoms with E-state index in [-0.39, 0.29) is 0 Å². The molecule has 0 heterocycles. The molecule has 2 atom stereocenters. The molecule has 1 saturated carbocycles. The molecular formula is C16H30O. The molecule has 0 aromatic carbocycles. The number of terminal acetylenes is 1. The summed E-state index contributed by atoms with van der Waals surface area (Å²) in [6.45, 7) is 8.43. The third kappa shape index (κ3) is 7.21. The molecule has 17 heavy (non-hydrogen) atoms. The highest BCUT2D eigenvalue weighted by Crippen LogP contribution is 2.34. The largest absolute Gasteiger partial charge is 0.299 e. The van der Waals surface area contributed by atoms with Crippen LogP contribution >= 0.6 is 0 Å². The zero-order chi connectivity index (χ0) is 13.7. The molecule has 0 N–H and O–H groups in total. The van der Waals surface area contributed by atoms with Crippen molar-refractivity contribution in [2.75, 3.05) is 0 Å². The van der Waals surface area contributed by atoms with Crippen LogP contribution in [0.5, 0.6) is 0 Å². The maximum absolute atomic E-state index is 11.5. The fourth-order valence-electron chi connectivity index (χ4n) is 2.48. The van der Waals surface area contributed by atoms with Crippen LogP contribution in [0.25, 0.3) is 0 Å². The van der Waals surface area contributed by atoms with Crippen LogP contribution < -0.4 is 0 Å². The smallest absolute Gasteiger partial charge is 0.136 e. The number of carbonyl (C=O) groups excluding carboxylic acids is 1. The van der Waals surface area contributed by atoms with Crippen molar-refractivity contribution in [3.05, 3.63) is 0 Å². The van der Waals surface area contributed by atoms with Gasteiger partial charge in [0, 0.05) is 12.3 Å². The fraction of sp³-hybridized carbons (Fsp3) is 0.812. The van der Waals surface area contributed by atoms with Gasteiger partial charge < -0.3 is 0 Å². The van der Waals surface area contributed by atoms with E-state index in [1.165, 1.54) is 25.7 Å². The summed E-state index contributed by atoms with van der Waals surface area (Å²) in [5.74, 6) is 1.68. The first kappa shape index (κ1) is 18.6. The number of hydrogen-bond acceptors (Lipinski definition) is 1. The summed E-state index contributed by atoms with van der Waals surface area (Å²) in [6, 6.07) is 0. The molecule has 0 aromatic rings. The average molecular weight is 238 g/mol. The summed E-state index contributed by atoms with van der Waals surface area (Å²) < 4.78 is 0. The molecule has 1 nitrogen and oxygen atoms in total. The van der Waals surface area contributed by atoms with E-state index in [4.69, 9.17) is 0 Å². The first-order valence-electron chi connectivity index (χ1n) is 7.15. The highest BCUT2D eigenvalue weighted by atomic mass is 16.1. The lowest BCUT2D eigenvalue weighted by atomic mass is 9.88. The minimum absolute atomic E-state index is 0.427. The molecule has 1 heteroatoms. The molecule has 0 saturated heterocycles. The molecule has 0 radical (unpaired) electrons. The number of ketones is 1. The summed E-state index contributed by atoms with van der Waals surface area (Å²) in [5.41, 5.74) is 0. The van der Waals surface area contributed by atoms with Crippen LogP contribution in [0.1, 0.15) is 72.6 Å². The summed E-state index contributed by atoms with van der Waals surface area (Å²) in [5, 5.41) is 0. The van der Waals surface area contributed by atoms with E-state index in [0.29, 0.717) is 17.6 Å². The maximum atomic E-state index is 11.5. The highest BCUT2D eigenvalue weighted by Gasteiger charge is 2.32. The van der Waals surface area contributed by atoms with E-state index in [0.717, 1.165) is 19.3 Å². The van der Waals surface area contributed by atoms with Crippen LogP contribution in [0.15, 0.2) is 0 Å². The van der Waals surface area contributed by atoms with Crippen molar-refractivity contribution in [3.8, 4) is 12.8 Å². The van der Waals surface area contributed by atoms with Crippen LogP contribution in [0.2, 0.25) is 0 Å². The van der Waals surface area contributed by atoms with E-state index in [9.17, 15) is 4.79 Å². The summed E-state index contributed by atoms with van der Waals surface area (Å²) in [7, 11) is 0. The molecule has 100 valence electrons. The molecule has 1 fully saturated rings. The Morgan fingerprint density at radius 1 is 1.18 bits per heavy atom. The molecule has 1 rings (SSSR count). The van der Waals surface area contributed by atoms with E-state index in [1.807, 2.05) is 13.8 Å². The van der Waals surface area contributed by atoms with Gasteiger partial charge in [-0.05, 0) is 18.8 Å². The average Bonchev–Trinajstić information content (AvgIpc) is 2.76. The van der Waals surface area contributed by atoms with Gasteiger partial charge in [-0.1, -0.05) is 53.4 Å². The van der Waals surface area contributed by atoms with E-state index >= 15 is 0 Å². The van der Waals surface area contributed by atoms with E-state index < -0.39 is 0 Å². The first-order chi connectivity index (χ1) is 8.29. The predicted octanol–water partition coefficient (Wildman–Crippen LogP) is 4.85. The minimum atomic E-state index is 0.427. The van der Waals surface area contributed by atoms with Crippen molar-refractivity contribution in [2.24, 2.45) is 11.8 Å². The van der Waals surface area contributed by atoms with Gasteiger partial charge in [0.05, 0.1) is 0 Å². The molecule has 0 spiro atoms. The Balaban J connectivity index is 0. The number of Topliss-reactive ketones (excluding diaryl/α,β-unsaturated/α-hetero) is 1. The molecule has 0 amide bonds. The van der Waals surface area contributed by atoms with Crippen molar-refractivity contribution in [1.82, 2.24) is 0 Å². The van der Waals surface area contributed by atoms with E-state index in [2.05, 4.69) is 26.7 Å². The third-order valence-electron chi connectivity index (χ3n) is 3.39. The van der Waals surface area contributed by atoms with Gasteiger partial charge in [-0.25, -0.2) is 0 Å². The van der Waals surface area contributed by atoms with Crippen molar-refractivity contribution >= 4 is 5.78 Å². The van der Waals surface area contributed by atoms with Crippen LogP contribution in [0, 0.1) is 24.7 Å². The number of unbranched alkanes of at least 4 members (excludes halogenated alkanes) is 2. The molecule has 0 aliphatic heterocycles. The monoisotopic (exact) mass is 238 g/mol. The highest BCUT2D eigenvalue weighted by molar-refractivity contribution is 5.83. The Bertz CT molecular complexity index is 193. The Morgan fingerprint density at radius 2 is 1.76 bits per heavy atom. The van der Waals surface area contributed by atoms with Crippen molar-refractivity contribution in [3.63, 3.8) is 0 Å². The molecule has 0 aromatic heterocycles. The predicted molar refractivity (Wildman–Crippen MR) is 76.9 cm³/mol. The van der Waals surface area contributed by atoms with Gasteiger partial charge >= 0.3 is 0 Å². The van der Waals surface area contributed by atoms with Gasteiger partial charge in [-0.3, -0.25) is 4.79 Å². The lowest BCUT2D eigenvalue weighted by Crippen LogP contribution is -2.13. The second-order valence-electron chi connectivity index (χ2n) is 4.28. The zero-order valence-electron chi connectivity index (χ0n) is 12.2. The maximum Gasteiger partial charge on any atom is 0.136 e. The van der Waals surface area contributed by atoms with Gasteiger partial charge in [0.15, 0.2) is 0 Å².